The summed E-state index contributed by atoms with van der Waals surface area (Å²) in [5.74, 6) is 16.2. The van der Waals surface area contributed by atoms with Crippen LogP contribution in [-0.2, 0) is 20.8 Å². The van der Waals surface area contributed by atoms with Crippen LogP contribution in [0, 0.1) is 20.2 Å². The molecule has 521 valence electrons. The number of aromatic hydroxyl groups is 1. The molecule has 8 aromatic carbocycles. The number of para-hydroxylation sites is 4. The van der Waals surface area contributed by atoms with Crippen molar-refractivity contribution < 1.29 is 165 Å². The molecule has 4 fully saturated rings. The molecule has 0 aliphatic carbocycles. The second kappa shape index (κ2) is 40.5. The van der Waals surface area contributed by atoms with Gasteiger partial charge in [-0.3, -0.25) is 36.7 Å². The minimum absolute atomic E-state index is 0. The summed E-state index contributed by atoms with van der Waals surface area (Å²) in [6, 6.07) is 53.5. The monoisotopic (exact) mass is 1570 g/mol. The maximum Gasteiger partial charge on any atom is 1.00 e. The van der Waals surface area contributed by atoms with Gasteiger partial charge in [0.15, 0.2) is 0 Å². The number of fused-ring (bicyclic) bond motifs is 15. The minimum Gasteiger partial charge on any atom is -1.00 e. The van der Waals surface area contributed by atoms with Crippen molar-refractivity contribution in [2.75, 3.05) is 86.3 Å². The van der Waals surface area contributed by atoms with Crippen LogP contribution in [0.4, 0.5) is 17.1 Å². The van der Waals surface area contributed by atoms with Crippen LogP contribution in [0.2, 0.25) is 10.0 Å². The molecule has 9 N–H and O–H groups in total. The van der Waals surface area contributed by atoms with E-state index in [0.717, 1.165) is 114 Å². The summed E-state index contributed by atoms with van der Waals surface area (Å²) < 4.78 is 18.4. The Morgan fingerprint density at radius 3 is 1.15 bits per heavy atom. The second-order valence-electron chi connectivity index (χ2n) is 24.0. The van der Waals surface area contributed by atoms with Crippen molar-refractivity contribution in [3.63, 3.8) is 0 Å². The van der Waals surface area contributed by atoms with Gasteiger partial charge in [-0.25, -0.2) is 0 Å². The van der Waals surface area contributed by atoms with Gasteiger partial charge in [0, 0.05) is 156 Å². The molecule has 0 radical (unpaired) electrons. The van der Waals surface area contributed by atoms with E-state index in [-0.39, 0.29) is 168 Å². The first kappa shape index (κ1) is 85.9. The third-order valence-corrected chi connectivity index (χ3v) is 18.6. The Bertz CT molecular complexity index is 3910. The van der Waals surface area contributed by atoms with Gasteiger partial charge in [-0.15, -0.1) is 12.4 Å². The quantitative estimate of drug-likeness (QED) is 0.0243. The van der Waals surface area contributed by atoms with E-state index < -0.39 is 16.1 Å². The first-order valence-corrected chi connectivity index (χ1v) is 35.5. The molecule has 99 heavy (non-hydrogen) atoms. The SMILES string of the molecule is CN1C[C@@H](c2ccccc2O)[C@H](c2cc([N+](=O)[O-])ccc2Cl)C1.CN1C[C@H]2c3ccccc3Oc3ccc(Cl)cc3[C@@H]2C1.CN1C[C@H]2c3ccccc3Oc3ccc(N)cc3[C@@H]2C1.CN1C[C@H]2c3ccccc3Oc3ccc([N+](=O)[O-])cc3[C@@H]2C1.Cl.NN.O.O=CO[O-].[Cl][Fe]([Cl])[Cl].[H-].[K+].[K+]. The summed E-state index contributed by atoms with van der Waals surface area (Å²) in [5.41, 5.74) is 15.8. The van der Waals surface area contributed by atoms with Gasteiger partial charge in [-0.05, 0) is 129 Å². The van der Waals surface area contributed by atoms with Gasteiger partial charge in [-0.2, -0.15) is 0 Å². The summed E-state index contributed by atoms with van der Waals surface area (Å²) in [6.07, 6.45) is 0. The number of nitro benzene ring substituents is 2. The second-order valence-corrected chi connectivity index (χ2v) is 30.3. The third-order valence-electron chi connectivity index (χ3n) is 18.0. The molecule has 4 saturated heterocycles. The maximum atomic E-state index is 11.1. The van der Waals surface area contributed by atoms with Crippen molar-refractivity contribution in [3.05, 3.63) is 245 Å². The number of non-ortho nitro benzene ring substituents is 2. The molecule has 7 heterocycles. The number of likely N-dealkylation sites (tertiary alicyclic amines) is 4. The number of phenolic OH excluding ortho intramolecular Hbond substituents is 1. The van der Waals surface area contributed by atoms with Gasteiger partial charge in [0.2, 0.25) is 0 Å². The summed E-state index contributed by atoms with van der Waals surface area (Å²) in [5, 5.41) is 42.1. The van der Waals surface area contributed by atoms with Gasteiger partial charge >= 0.3 is 144 Å². The predicted molar refractivity (Wildman–Crippen MR) is 378 cm³/mol. The number of nitrogen functional groups attached to an aromatic ring is 1. The average Bonchev–Trinajstić information content (AvgIpc) is 1.64. The van der Waals surface area contributed by atoms with E-state index in [2.05, 4.69) is 112 Å². The number of likely N-dealkylation sites (N-methyl/N-ethyl adjacent to an activating group) is 4. The molecule has 0 amide bonds. The minimum atomic E-state index is -1.33. The zero-order chi connectivity index (χ0) is 68.2. The Hall–Kier alpha value is -3.76. The van der Waals surface area contributed by atoms with Crippen LogP contribution in [0.1, 0.15) is 93.3 Å². The molecule has 7 aliphatic rings. The van der Waals surface area contributed by atoms with E-state index in [4.69, 9.17) is 83.5 Å². The largest absolute Gasteiger partial charge is 1.00 e. The van der Waals surface area contributed by atoms with Crippen molar-refractivity contribution in [1.82, 2.24) is 19.6 Å². The zero-order valence-electron chi connectivity index (χ0n) is 56.1. The molecule has 0 aromatic heterocycles. The molecule has 8 aromatic rings. The Kier molecular flexibility index (Phi) is 35.1. The number of halogens is 6. The molecular weight excluding hydrogens is 1490 g/mol. The maximum absolute atomic E-state index is 11.1. The Morgan fingerprint density at radius 2 is 0.768 bits per heavy atom. The van der Waals surface area contributed by atoms with Crippen molar-refractivity contribution >= 4 is 89.4 Å². The van der Waals surface area contributed by atoms with Crippen LogP contribution >= 0.6 is 65.9 Å². The average molecular weight is 1570 g/mol. The van der Waals surface area contributed by atoms with Crippen molar-refractivity contribution in [2.45, 2.75) is 47.3 Å². The van der Waals surface area contributed by atoms with E-state index in [9.17, 15) is 25.3 Å². The summed E-state index contributed by atoms with van der Waals surface area (Å²) >= 11 is 11.2. The molecule has 0 spiro atoms. The molecule has 7 aliphatic heterocycles. The van der Waals surface area contributed by atoms with Crippen molar-refractivity contribution in [2.24, 2.45) is 11.7 Å². The van der Waals surface area contributed by atoms with E-state index in [1.165, 1.54) is 39.9 Å². The normalized spacial score (nSPS) is 20.6. The number of hydrogen-bond acceptors (Lipinski definition) is 18. The zero-order valence-corrected chi connectivity index (χ0v) is 67.1. The van der Waals surface area contributed by atoms with Gasteiger partial charge in [-0.1, -0.05) is 96.0 Å². The fourth-order valence-electron chi connectivity index (χ4n) is 14.1. The number of hydrogen-bond donors (Lipinski definition) is 4. The van der Waals surface area contributed by atoms with Crippen molar-refractivity contribution in [1.29, 1.82) is 0 Å². The molecular formula is C69H76Cl6FeK2N9O12. The van der Waals surface area contributed by atoms with E-state index in [1.54, 1.807) is 36.4 Å². The Balaban J connectivity index is 0.000000266. The fourth-order valence-corrected chi connectivity index (χ4v) is 14.6. The molecule has 15 rings (SSSR count). The first-order valence-electron chi connectivity index (χ1n) is 30.2. The number of nitrogens with zero attached hydrogens (tertiary/aromatic N) is 6. The van der Waals surface area contributed by atoms with Gasteiger partial charge in [0.05, 0.1) is 9.85 Å². The topological polar surface area (TPSA) is 306 Å². The molecule has 21 nitrogen and oxygen atoms in total. The number of phenols is 1. The van der Waals surface area contributed by atoms with Gasteiger partial charge in [0.1, 0.15) is 40.2 Å². The van der Waals surface area contributed by atoms with Crippen LogP contribution in [0.5, 0.6) is 40.2 Å². The predicted octanol–water partition coefficient (Wildman–Crippen LogP) is 7.76. The van der Waals surface area contributed by atoms with Crippen molar-refractivity contribution in [3.8, 4) is 40.2 Å². The van der Waals surface area contributed by atoms with Crippen LogP contribution < -0.4 is 140 Å². The fraction of sp³-hybridized carbons (Fsp3) is 0.290. The van der Waals surface area contributed by atoms with Crippen LogP contribution in [0.15, 0.2) is 170 Å². The molecule has 30 heteroatoms. The van der Waals surface area contributed by atoms with Gasteiger partial charge in [0.25, 0.3) is 17.8 Å². The smallest absolute Gasteiger partial charge is 1.00 e. The van der Waals surface area contributed by atoms with Crippen LogP contribution in [-0.4, -0.2) is 127 Å². The van der Waals surface area contributed by atoms with E-state index in [0.29, 0.717) is 34.6 Å². The number of ether oxygens (including phenoxy) is 3. The summed E-state index contributed by atoms with van der Waals surface area (Å²) in [6.45, 7) is 7.38. The Morgan fingerprint density at radius 1 is 0.485 bits per heavy atom. The Labute approximate surface area is 695 Å². The number of nitrogens with two attached hydrogens (primary N) is 3. The molecule has 0 bridgehead atoms. The number of carbonyl (C=O) groups is 1. The number of hydrazine groups is 1. The standard InChI is InChI=1S/C17H17ClN2O3.C17H16ClNO.C17H16N2O3.C17H18N2O.CH2O3.4ClH.Fe.2K.H4N2.H2O.H/c1-19-9-14(12-4-2-3-5-17(12)21)15(10-19)13-8-11(20(22)23)6-7-16(13)18;1-19-9-14-12-4-2-3-5-16(12)20-17-7-6-11(18)8-13(17)15(14)10-19;1-18-9-14-12-4-2-3-5-16(12)22-17-7-6-11(19(20)21)8-13(17)15(14)10-18;1-19-9-14-12-4-2-3-5-16(12)20-17-7-6-11(18)8-13(17)15(14)10-19;2-1-4-3;;;;;;;;1-2;;/h2-8,14-15,21H,9-10H2,1H3;2-8,14-15H,9-10H2,1H3;2-8,14-15H,9-10H2,1H3;2-8,14-15H,9-10,18H2,1H3;1,3H;4*1H;;;;1-2H2;1H2;/q;;;;;;;;;+3;2*+1;;;-1/p-4/t4*14-,15-;;;;;;;;;;;/m0000.........../s1. The van der Waals surface area contributed by atoms with E-state index in [1.807, 2.05) is 73.8 Å². The van der Waals surface area contributed by atoms with Crippen LogP contribution in [0.25, 0.3) is 0 Å². The summed E-state index contributed by atoms with van der Waals surface area (Å²) in [7, 11) is 23.1. The molecule has 0 unspecified atom stereocenters. The first-order chi connectivity index (χ1) is 45.7. The number of benzene rings is 8. The molecule has 0 saturated carbocycles. The van der Waals surface area contributed by atoms with E-state index >= 15 is 0 Å². The van der Waals surface area contributed by atoms with Gasteiger partial charge < -0.3 is 61.7 Å². The van der Waals surface area contributed by atoms with Crippen LogP contribution in [0.3, 0.4) is 0 Å². The number of rotatable bonds is 5. The molecule has 8 atom stereocenters. The number of anilines is 1. The third kappa shape index (κ3) is 21.5. The summed E-state index contributed by atoms with van der Waals surface area (Å²) in [4.78, 5) is 41.9. The number of carbonyl (C=O) groups excluding carboxylic acids is 1. The number of nitro groups is 2.